The smallest absolute Gasteiger partial charge is 0.132 e. The molecule has 0 aliphatic rings. The molecule has 0 aliphatic heterocycles. The van der Waals surface area contributed by atoms with Crippen LogP contribution in [-0.2, 0) is 0 Å². The van der Waals surface area contributed by atoms with Crippen LogP contribution >= 0.6 is 0 Å². The Morgan fingerprint density at radius 1 is 1.38 bits per heavy atom. The van der Waals surface area contributed by atoms with Crippen molar-refractivity contribution in [1.82, 2.24) is 0 Å². The Labute approximate surface area is 96.1 Å². The second-order valence-electron chi connectivity index (χ2n) is 4.18. The Balaban J connectivity index is 2.66. The van der Waals surface area contributed by atoms with E-state index in [-0.39, 0.29) is 0 Å². The van der Waals surface area contributed by atoms with Gasteiger partial charge in [0.15, 0.2) is 0 Å². The first-order chi connectivity index (χ1) is 7.54. The van der Waals surface area contributed by atoms with Crippen molar-refractivity contribution in [1.29, 1.82) is 0 Å². The van der Waals surface area contributed by atoms with E-state index in [4.69, 9.17) is 4.74 Å². The largest absolute Gasteiger partial charge is 0.493 e. The predicted octanol–water partition coefficient (Wildman–Crippen LogP) is 3.30. The summed E-state index contributed by atoms with van der Waals surface area (Å²) in [5.74, 6) is 0.554. The molecule has 90 valence electrons. The molecule has 3 heteroatoms. The molecule has 0 saturated carbocycles. The van der Waals surface area contributed by atoms with Gasteiger partial charge in [-0.15, -0.1) is 0 Å². The molecule has 1 N–H and O–H groups in total. The van der Waals surface area contributed by atoms with Crippen molar-refractivity contribution in [3.63, 3.8) is 0 Å². The SMILES string of the molecule is CCC(C)COc1ccc([C@@H](C)O)c(F)c1. The Bertz CT molecular complexity index is 337. The van der Waals surface area contributed by atoms with Crippen LogP contribution in [0.25, 0.3) is 0 Å². The lowest BCUT2D eigenvalue weighted by atomic mass is 10.1. The predicted molar refractivity (Wildman–Crippen MR) is 62.0 cm³/mol. The van der Waals surface area contributed by atoms with Gasteiger partial charge in [-0.25, -0.2) is 4.39 Å². The van der Waals surface area contributed by atoms with E-state index in [1.54, 1.807) is 12.1 Å². The molecule has 0 fully saturated rings. The van der Waals surface area contributed by atoms with Gasteiger partial charge in [0, 0.05) is 11.6 Å². The fourth-order valence-electron chi connectivity index (χ4n) is 1.29. The molecule has 1 unspecified atom stereocenters. The van der Waals surface area contributed by atoms with Crippen molar-refractivity contribution in [3.8, 4) is 5.75 Å². The second kappa shape index (κ2) is 5.85. The van der Waals surface area contributed by atoms with E-state index in [0.717, 1.165) is 6.42 Å². The van der Waals surface area contributed by atoms with Crippen molar-refractivity contribution in [2.45, 2.75) is 33.3 Å². The molecule has 0 aliphatic carbocycles. The third-order valence-corrected chi connectivity index (χ3v) is 2.65. The Kier molecular flexibility index (Phi) is 4.74. The van der Waals surface area contributed by atoms with E-state index >= 15 is 0 Å². The summed E-state index contributed by atoms with van der Waals surface area (Å²) in [4.78, 5) is 0. The van der Waals surface area contributed by atoms with Crippen molar-refractivity contribution in [2.24, 2.45) is 5.92 Å². The van der Waals surface area contributed by atoms with Crippen molar-refractivity contribution in [2.75, 3.05) is 6.61 Å². The van der Waals surface area contributed by atoms with E-state index in [1.165, 1.54) is 13.0 Å². The van der Waals surface area contributed by atoms with Gasteiger partial charge in [0.2, 0.25) is 0 Å². The molecule has 0 saturated heterocycles. The molecule has 0 heterocycles. The van der Waals surface area contributed by atoms with Gasteiger partial charge in [0.25, 0.3) is 0 Å². The van der Waals surface area contributed by atoms with Gasteiger partial charge in [-0.2, -0.15) is 0 Å². The molecule has 0 aromatic heterocycles. The van der Waals surface area contributed by atoms with Crippen molar-refractivity contribution < 1.29 is 14.2 Å². The highest BCUT2D eigenvalue weighted by Crippen LogP contribution is 2.22. The molecule has 0 spiro atoms. The van der Waals surface area contributed by atoms with Crippen molar-refractivity contribution in [3.05, 3.63) is 29.6 Å². The van der Waals surface area contributed by atoms with Gasteiger partial charge in [-0.3, -0.25) is 0 Å². The van der Waals surface area contributed by atoms with Gasteiger partial charge in [0.1, 0.15) is 11.6 Å². The first kappa shape index (κ1) is 13.0. The maximum Gasteiger partial charge on any atom is 0.132 e. The standard InChI is InChI=1S/C13H19FO2/c1-4-9(2)8-16-11-5-6-12(10(3)15)13(14)7-11/h5-7,9-10,15H,4,8H2,1-3H3/t9?,10-/m1/s1. The Morgan fingerprint density at radius 2 is 2.06 bits per heavy atom. The minimum Gasteiger partial charge on any atom is -0.493 e. The molecule has 0 bridgehead atoms. The summed E-state index contributed by atoms with van der Waals surface area (Å²) >= 11 is 0. The van der Waals surface area contributed by atoms with Crippen LogP contribution in [0.15, 0.2) is 18.2 Å². The summed E-state index contributed by atoms with van der Waals surface area (Å²) in [6, 6.07) is 4.57. The van der Waals surface area contributed by atoms with E-state index < -0.39 is 11.9 Å². The average Bonchev–Trinajstić information content (AvgIpc) is 2.25. The number of hydrogen-bond donors (Lipinski definition) is 1. The van der Waals surface area contributed by atoms with Crippen LogP contribution in [0, 0.1) is 11.7 Å². The Morgan fingerprint density at radius 3 is 2.56 bits per heavy atom. The normalized spacial score (nSPS) is 14.6. The maximum atomic E-state index is 13.5. The van der Waals surface area contributed by atoms with Crippen LogP contribution in [-0.4, -0.2) is 11.7 Å². The molecule has 16 heavy (non-hydrogen) atoms. The molecule has 2 nitrogen and oxygen atoms in total. The van der Waals surface area contributed by atoms with Crippen LogP contribution in [0.4, 0.5) is 4.39 Å². The lowest BCUT2D eigenvalue weighted by Gasteiger charge is -2.12. The highest BCUT2D eigenvalue weighted by atomic mass is 19.1. The number of aliphatic hydroxyl groups is 1. The highest BCUT2D eigenvalue weighted by Gasteiger charge is 2.09. The van der Waals surface area contributed by atoms with Gasteiger partial charge in [-0.1, -0.05) is 20.3 Å². The molecule has 0 amide bonds. The molecule has 1 rings (SSSR count). The number of hydrogen-bond acceptors (Lipinski definition) is 2. The Hall–Kier alpha value is -1.09. The lowest BCUT2D eigenvalue weighted by Crippen LogP contribution is -2.07. The third-order valence-electron chi connectivity index (χ3n) is 2.65. The minimum atomic E-state index is -0.788. The summed E-state index contributed by atoms with van der Waals surface area (Å²) in [6.45, 7) is 6.30. The van der Waals surface area contributed by atoms with E-state index in [9.17, 15) is 9.50 Å². The van der Waals surface area contributed by atoms with Crippen LogP contribution in [0.2, 0.25) is 0 Å². The van der Waals surface area contributed by atoms with Crippen LogP contribution in [0.3, 0.4) is 0 Å². The zero-order valence-corrected chi connectivity index (χ0v) is 10.0. The van der Waals surface area contributed by atoms with Gasteiger partial charge in [-0.05, 0) is 25.0 Å². The summed E-state index contributed by atoms with van der Waals surface area (Å²) in [5, 5.41) is 9.27. The third kappa shape index (κ3) is 3.49. The fraction of sp³-hybridized carbons (Fsp3) is 0.538. The molecule has 2 atom stereocenters. The number of benzene rings is 1. The molecule has 1 aromatic carbocycles. The summed E-state index contributed by atoms with van der Waals surface area (Å²) in [5.41, 5.74) is 0.302. The maximum absolute atomic E-state index is 13.5. The zero-order valence-electron chi connectivity index (χ0n) is 10.0. The van der Waals surface area contributed by atoms with Crippen LogP contribution in [0.1, 0.15) is 38.9 Å². The van der Waals surface area contributed by atoms with E-state index in [0.29, 0.717) is 23.8 Å². The first-order valence-electron chi connectivity index (χ1n) is 5.64. The topological polar surface area (TPSA) is 29.5 Å². The number of ether oxygens (including phenoxy) is 1. The van der Waals surface area contributed by atoms with Crippen LogP contribution < -0.4 is 4.74 Å². The van der Waals surface area contributed by atoms with Gasteiger partial charge >= 0.3 is 0 Å². The fourth-order valence-corrected chi connectivity index (χ4v) is 1.29. The van der Waals surface area contributed by atoms with E-state index in [2.05, 4.69) is 13.8 Å². The summed E-state index contributed by atoms with van der Waals surface area (Å²) in [6.07, 6.45) is 0.248. The monoisotopic (exact) mass is 226 g/mol. The number of aliphatic hydroxyl groups excluding tert-OH is 1. The molecule has 1 aromatic rings. The summed E-state index contributed by atoms with van der Waals surface area (Å²) < 4.78 is 18.9. The lowest BCUT2D eigenvalue weighted by molar-refractivity contribution is 0.193. The molecular weight excluding hydrogens is 207 g/mol. The van der Waals surface area contributed by atoms with Crippen molar-refractivity contribution >= 4 is 0 Å². The van der Waals surface area contributed by atoms with Gasteiger partial charge < -0.3 is 9.84 Å². The van der Waals surface area contributed by atoms with E-state index in [1.807, 2.05) is 0 Å². The average molecular weight is 226 g/mol. The first-order valence-corrected chi connectivity index (χ1v) is 5.64. The van der Waals surface area contributed by atoms with Gasteiger partial charge in [0.05, 0.1) is 12.7 Å². The zero-order chi connectivity index (χ0) is 12.1. The number of rotatable bonds is 5. The highest BCUT2D eigenvalue weighted by molar-refractivity contribution is 5.29. The second-order valence-corrected chi connectivity index (χ2v) is 4.18. The number of halogens is 1. The summed E-state index contributed by atoms with van der Waals surface area (Å²) in [7, 11) is 0. The molecule has 0 radical (unpaired) electrons. The van der Waals surface area contributed by atoms with Crippen LogP contribution in [0.5, 0.6) is 5.75 Å². The quantitative estimate of drug-likeness (QED) is 0.834. The molecular formula is C13H19FO2. The minimum absolute atomic E-state index is 0.302.